The molecule has 0 saturated carbocycles. The first-order valence-corrected chi connectivity index (χ1v) is 17.6. The summed E-state index contributed by atoms with van der Waals surface area (Å²) in [5.74, 6) is 0.866. The Hall–Kier alpha value is -6.23. The van der Waals surface area contributed by atoms with Crippen molar-refractivity contribution in [2.75, 3.05) is 9.80 Å². The van der Waals surface area contributed by atoms with Crippen LogP contribution < -0.4 is 26.2 Å². The molecule has 0 amide bonds. The molecule has 6 aromatic carbocycles. The number of benzene rings is 6. The van der Waals surface area contributed by atoms with Crippen molar-refractivity contribution < 1.29 is 21.1 Å². The zero-order valence-corrected chi connectivity index (χ0v) is 30.6. The molecule has 53 heavy (non-hydrogen) atoms. The van der Waals surface area contributed by atoms with Crippen molar-refractivity contribution in [3.8, 4) is 17.1 Å². The zero-order chi connectivity index (χ0) is 34.2. The van der Waals surface area contributed by atoms with Crippen molar-refractivity contribution in [3.63, 3.8) is 0 Å². The summed E-state index contributed by atoms with van der Waals surface area (Å²) < 4.78 is 2.26. The van der Waals surface area contributed by atoms with E-state index in [1.165, 1.54) is 5.46 Å². The van der Waals surface area contributed by atoms with E-state index in [1.807, 2.05) is 36.7 Å². The predicted octanol–water partition coefficient (Wildman–Crippen LogP) is 8.92. The van der Waals surface area contributed by atoms with Crippen molar-refractivity contribution in [3.05, 3.63) is 182 Å². The molecule has 0 atom stereocenters. The molecule has 2 aliphatic heterocycles. The third-order valence-corrected chi connectivity index (χ3v) is 10.4. The van der Waals surface area contributed by atoms with Gasteiger partial charge in [-0.25, -0.2) is 4.98 Å². The van der Waals surface area contributed by atoms with E-state index >= 15 is 0 Å². The van der Waals surface area contributed by atoms with E-state index in [2.05, 4.69) is 160 Å². The predicted molar refractivity (Wildman–Crippen MR) is 214 cm³/mol. The first-order valence-electron chi connectivity index (χ1n) is 17.6. The van der Waals surface area contributed by atoms with Gasteiger partial charge in [-0.05, 0) is 82.9 Å². The summed E-state index contributed by atoms with van der Waals surface area (Å²) >= 11 is 0. The Morgan fingerprint density at radius 1 is 0.491 bits per heavy atom. The Kier molecular flexibility index (Phi) is 7.41. The van der Waals surface area contributed by atoms with Crippen molar-refractivity contribution in [2.24, 2.45) is 0 Å². The number of hydrogen-bond acceptors (Lipinski definition) is 4. The van der Waals surface area contributed by atoms with Gasteiger partial charge in [0.15, 0.2) is 0 Å². The van der Waals surface area contributed by atoms with Crippen molar-refractivity contribution in [2.45, 2.75) is 0 Å². The van der Waals surface area contributed by atoms with Gasteiger partial charge in [0, 0.05) is 40.7 Å². The first kappa shape index (κ1) is 31.5. The van der Waals surface area contributed by atoms with Crippen LogP contribution >= 0.6 is 0 Å². The minimum Gasteiger partial charge on any atom is -0.366 e. The van der Waals surface area contributed by atoms with Gasteiger partial charge >= 0.3 is 21.1 Å². The first-order chi connectivity index (χ1) is 25.8. The summed E-state index contributed by atoms with van der Waals surface area (Å²) in [6.07, 6.45) is 3.71. The van der Waals surface area contributed by atoms with Crippen LogP contribution in [-0.2, 0) is 21.1 Å². The molecular weight excluding hydrogens is 828 g/mol. The van der Waals surface area contributed by atoms with E-state index in [0.717, 1.165) is 83.9 Å². The summed E-state index contributed by atoms with van der Waals surface area (Å²) in [5, 5.41) is 2.30. The van der Waals surface area contributed by atoms with Gasteiger partial charge in [-0.15, -0.1) is 40.7 Å². The van der Waals surface area contributed by atoms with Crippen molar-refractivity contribution in [1.82, 2.24) is 14.5 Å². The fourth-order valence-electron chi connectivity index (χ4n) is 8.29. The van der Waals surface area contributed by atoms with E-state index < -0.39 is 0 Å². The monoisotopic (exact) mass is 856 g/mol. The minimum absolute atomic E-state index is 0. The molecule has 3 aromatic heterocycles. The van der Waals surface area contributed by atoms with Crippen LogP contribution in [0.2, 0.25) is 0 Å². The van der Waals surface area contributed by atoms with Crippen LogP contribution in [0.5, 0.6) is 0 Å². The maximum atomic E-state index is 4.83. The van der Waals surface area contributed by atoms with Crippen LogP contribution in [0.15, 0.2) is 170 Å². The number of fused-ring (bicyclic) bond motifs is 7. The fraction of sp³-hybridized carbons (Fsp3) is 0. The summed E-state index contributed by atoms with van der Waals surface area (Å²) in [7, 11) is 0. The Morgan fingerprint density at radius 3 is 1.83 bits per heavy atom. The molecule has 250 valence electrons. The molecule has 0 N–H and O–H groups in total. The molecule has 0 unspecified atom stereocenters. The van der Waals surface area contributed by atoms with E-state index in [9.17, 15) is 0 Å². The van der Waals surface area contributed by atoms with Gasteiger partial charge in [-0.3, -0.25) is 0 Å². The van der Waals surface area contributed by atoms with Crippen LogP contribution in [0.3, 0.4) is 0 Å². The molecule has 7 heteroatoms. The molecule has 0 aliphatic carbocycles. The maximum Gasteiger partial charge on any atom is 2.00 e. The summed E-state index contributed by atoms with van der Waals surface area (Å²) in [5.41, 5.74) is 14.1. The molecule has 0 fully saturated rings. The number of anilines is 6. The maximum absolute atomic E-state index is 4.83. The minimum atomic E-state index is -0.153. The van der Waals surface area contributed by atoms with Crippen LogP contribution in [0.25, 0.3) is 38.9 Å². The van der Waals surface area contributed by atoms with Gasteiger partial charge in [-0.1, -0.05) is 90.1 Å². The number of hydrogen-bond donors (Lipinski definition) is 0. The molecule has 0 radical (unpaired) electrons. The molecule has 11 rings (SSSR count). The largest absolute Gasteiger partial charge is 2.00 e. The molecular formula is C46H28BN5Pt. The summed E-state index contributed by atoms with van der Waals surface area (Å²) in [4.78, 5) is 14.4. The summed E-state index contributed by atoms with van der Waals surface area (Å²) in [6.45, 7) is -0.153. The Labute approximate surface area is 322 Å². The normalized spacial score (nSPS) is 12.6. The quantitative estimate of drug-likeness (QED) is 0.131. The standard InChI is InChI=1S/C46H28BN5.Pt/c1-3-14-32(15-4-1)50-40-25-24-31(38-19-9-11-26-48-38)28-36(40)47-37-30-43-35(34-18-7-8-20-39(34)52(43)45-23-10-12-27-49-45)29-44(37)51(33-16-5-2-6-17-33)42-22-13-21-41(50)46(42)47;/h1-27,29H;/q-2;+2. The van der Waals surface area contributed by atoms with Crippen molar-refractivity contribution >= 4 is 79.0 Å². The van der Waals surface area contributed by atoms with Gasteiger partial charge in [0.1, 0.15) is 5.82 Å². The number of pyridine rings is 2. The van der Waals surface area contributed by atoms with Gasteiger partial charge in [-0.2, -0.15) is 11.5 Å². The number of rotatable bonds is 4. The van der Waals surface area contributed by atoms with Crippen LogP contribution in [-0.4, -0.2) is 21.2 Å². The average Bonchev–Trinajstić information content (AvgIpc) is 3.54. The molecule has 2 aliphatic rings. The Morgan fingerprint density at radius 2 is 1.13 bits per heavy atom. The third-order valence-electron chi connectivity index (χ3n) is 10.4. The number of para-hydroxylation sites is 3. The van der Waals surface area contributed by atoms with Crippen LogP contribution in [0.1, 0.15) is 0 Å². The topological polar surface area (TPSA) is 37.2 Å². The van der Waals surface area contributed by atoms with E-state index in [4.69, 9.17) is 9.97 Å². The second kappa shape index (κ2) is 12.5. The molecule has 9 aromatic rings. The fourth-order valence-corrected chi connectivity index (χ4v) is 8.29. The van der Waals surface area contributed by atoms with Crippen molar-refractivity contribution in [1.29, 1.82) is 0 Å². The number of aromatic nitrogens is 3. The molecule has 5 heterocycles. The molecule has 0 spiro atoms. The summed E-state index contributed by atoms with van der Waals surface area (Å²) in [6, 6.07) is 63.6. The van der Waals surface area contributed by atoms with Gasteiger partial charge in [0.25, 0.3) is 0 Å². The molecule has 0 saturated heterocycles. The van der Waals surface area contributed by atoms with Crippen LogP contribution in [0, 0.1) is 12.1 Å². The second-order valence-corrected chi connectivity index (χ2v) is 13.2. The SMILES string of the molecule is [Pt+2].[c-]1c(-c2ccccn2)ccc2c1B1c3[c-]c4c(cc3N(c3ccccc3)c3cccc(c31)N2c1ccccc1)c1ccccc1n4-c1ccccn1. The Balaban J connectivity index is 0.00000349. The van der Waals surface area contributed by atoms with Gasteiger partial charge in [0.05, 0.1) is 0 Å². The smallest absolute Gasteiger partial charge is 0.366 e. The number of nitrogens with zero attached hydrogens (tertiary/aromatic N) is 5. The zero-order valence-electron chi connectivity index (χ0n) is 28.3. The van der Waals surface area contributed by atoms with Gasteiger partial charge < -0.3 is 19.4 Å². The van der Waals surface area contributed by atoms with E-state index in [1.54, 1.807) is 0 Å². The third kappa shape index (κ3) is 4.76. The van der Waals surface area contributed by atoms with Crippen LogP contribution in [0.4, 0.5) is 34.1 Å². The van der Waals surface area contributed by atoms with Gasteiger partial charge in [0.2, 0.25) is 6.71 Å². The average molecular weight is 857 g/mol. The molecule has 0 bridgehead atoms. The second-order valence-electron chi connectivity index (χ2n) is 13.2. The Bertz CT molecular complexity index is 2810. The van der Waals surface area contributed by atoms with E-state index in [-0.39, 0.29) is 27.8 Å². The van der Waals surface area contributed by atoms with E-state index in [0.29, 0.717) is 0 Å². The molecule has 5 nitrogen and oxygen atoms in total.